The minimum Gasteiger partial charge on any atom is -0.495 e. The van der Waals surface area contributed by atoms with Crippen LogP contribution in [0.15, 0.2) is 176 Å². The van der Waals surface area contributed by atoms with Crippen LogP contribution in [-0.2, 0) is 22.6 Å². The van der Waals surface area contributed by atoms with Crippen LogP contribution < -0.4 is 30.7 Å². The third kappa shape index (κ3) is 14.8. The van der Waals surface area contributed by atoms with Gasteiger partial charge in [-0.3, -0.25) is 19.8 Å². The molecule has 0 atom stereocenters. The average molecular weight is 1110 g/mol. The van der Waals surface area contributed by atoms with Gasteiger partial charge in [0.25, 0.3) is 0 Å². The third-order valence-corrected chi connectivity index (χ3v) is 14.6. The van der Waals surface area contributed by atoms with Crippen LogP contribution >= 0.6 is 0 Å². The molecular formula is C67H68N8O8. The van der Waals surface area contributed by atoms with Crippen molar-refractivity contribution in [3.8, 4) is 44.9 Å². The fourth-order valence-electron chi connectivity index (χ4n) is 10.2. The number of urea groups is 2. The summed E-state index contributed by atoms with van der Waals surface area (Å²) in [6.45, 7) is 11.1. The standard InChI is InChI=1S/C38H40N4O3.C29H28N4O5/c1-2-3-9-22-45-37-19-15-29(28-10-5-4-6-11-28)25-36(37)41-38(43)40-35-18-17-32(33-12-7-8-13-34(33)35)30-14-16-31(39-26-30)27-42-20-23-44-24-21-42;1-37-27-11-7-19(28(34)35)16-26(27)32-29(36)31-25-10-9-22(23-4-2-3-5-24(23)25)20-6-8-21(30-17-20)18-33-12-14-38-15-13-33/h4-8,10-19,25-26H,2-3,9,20-24,27H2,1H3,(H2,40,41,43);2-11,16-17H,12-15,18H2,1H3,(H,34,35)(H2,31,32,36). The lowest BCUT2D eigenvalue weighted by atomic mass is 9.98. The number of aromatic nitrogens is 2. The molecule has 5 N–H and O–H groups in total. The lowest BCUT2D eigenvalue weighted by molar-refractivity contribution is 0.0336. The Bertz CT molecular complexity index is 3660. The van der Waals surface area contributed by atoms with E-state index in [2.05, 4.69) is 86.5 Å². The number of fused-ring (bicyclic) bond motifs is 2. The van der Waals surface area contributed by atoms with Gasteiger partial charge in [-0.1, -0.05) is 129 Å². The molecule has 2 saturated heterocycles. The number of ether oxygens (including phenoxy) is 4. The molecule has 16 nitrogen and oxygen atoms in total. The number of pyridine rings is 2. The number of hydrogen-bond acceptors (Lipinski definition) is 11. The molecule has 11 rings (SSSR count). The summed E-state index contributed by atoms with van der Waals surface area (Å²) in [6, 6.07) is 51.6. The number of amides is 4. The normalized spacial score (nSPS) is 13.6. The number of benzene rings is 7. The number of carbonyl (C=O) groups is 3. The highest BCUT2D eigenvalue weighted by Gasteiger charge is 2.18. The van der Waals surface area contributed by atoms with E-state index in [0.29, 0.717) is 29.5 Å². The lowest BCUT2D eigenvalue weighted by Crippen LogP contribution is -2.35. The Balaban J connectivity index is 0.000000188. The van der Waals surface area contributed by atoms with Crippen molar-refractivity contribution >= 4 is 62.3 Å². The number of anilines is 4. The maximum atomic E-state index is 13.5. The van der Waals surface area contributed by atoms with E-state index in [1.54, 1.807) is 0 Å². The van der Waals surface area contributed by atoms with Crippen molar-refractivity contribution in [1.82, 2.24) is 19.8 Å². The third-order valence-electron chi connectivity index (χ3n) is 14.6. The zero-order valence-electron chi connectivity index (χ0n) is 46.7. The minimum absolute atomic E-state index is 0.0421. The van der Waals surface area contributed by atoms with Gasteiger partial charge in [-0.2, -0.15) is 0 Å². The van der Waals surface area contributed by atoms with Crippen molar-refractivity contribution in [3.05, 3.63) is 193 Å². The highest BCUT2D eigenvalue weighted by Crippen LogP contribution is 2.37. The van der Waals surface area contributed by atoms with E-state index in [1.807, 2.05) is 109 Å². The molecule has 424 valence electrons. The molecule has 2 fully saturated rings. The first-order valence-electron chi connectivity index (χ1n) is 28.1. The number of methoxy groups -OCH3 is 1. The molecule has 4 amide bonds. The molecule has 0 unspecified atom stereocenters. The fourth-order valence-corrected chi connectivity index (χ4v) is 10.2. The first-order valence-corrected chi connectivity index (χ1v) is 28.1. The molecule has 2 aromatic heterocycles. The topological polar surface area (TPSA) is 189 Å². The number of aromatic carboxylic acids is 1. The van der Waals surface area contributed by atoms with Crippen molar-refractivity contribution in [3.63, 3.8) is 0 Å². The van der Waals surface area contributed by atoms with Crippen LogP contribution in [0, 0.1) is 0 Å². The van der Waals surface area contributed by atoms with Gasteiger partial charge in [-0.15, -0.1) is 0 Å². The van der Waals surface area contributed by atoms with Crippen LogP contribution in [-0.4, -0.2) is 109 Å². The van der Waals surface area contributed by atoms with E-state index >= 15 is 0 Å². The lowest BCUT2D eigenvalue weighted by Gasteiger charge is -2.26. The van der Waals surface area contributed by atoms with E-state index in [1.165, 1.54) is 25.3 Å². The Morgan fingerprint density at radius 3 is 1.48 bits per heavy atom. The number of nitrogens with one attached hydrogen (secondary N) is 4. The average Bonchev–Trinajstić information content (AvgIpc) is 3.72. The number of morpholine rings is 2. The number of carboxylic acid groups (broad SMARTS) is 1. The molecular weight excluding hydrogens is 1040 g/mol. The molecule has 2 aliphatic heterocycles. The Morgan fingerprint density at radius 1 is 0.506 bits per heavy atom. The largest absolute Gasteiger partial charge is 0.495 e. The molecule has 0 spiro atoms. The van der Waals surface area contributed by atoms with Crippen molar-refractivity contribution in [2.24, 2.45) is 0 Å². The fraction of sp³-hybridized carbons (Fsp3) is 0.239. The summed E-state index contributed by atoms with van der Waals surface area (Å²) in [5, 5.41) is 24.9. The predicted molar refractivity (Wildman–Crippen MR) is 329 cm³/mol. The van der Waals surface area contributed by atoms with E-state index < -0.39 is 12.0 Å². The molecule has 4 heterocycles. The number of nitrogens with zero attached hydrogens (tertiary/aromatic N) is 4. The zero-order valence-corrected chi connectivity index (χ0v) is 46.7. The van der Waals surface area contributed by atoms with Crippen LogP contribution in [0.2, 0.25) is 0 Å². The van der Waals surface area contributed by atoms with Crippen LogP contribution in [0.3, 0.4) is 0 Å². The molecule has 83 heavy (non-hydrogen) atoms. The summed E-state index contributed by atoms with van der Waals surface area (Å²) >= 11 is 0. The summed E-state index contributed by atoms with van der Waals surface area (Å²) in [5.41, 5.74) is 10.5. The van der Waals surface area contributed by atoms with Gasteiger partial charge in [0.1, 0.15) is 11.5 Å². The van der Waals surface area contributed by atoms with Crippen molar-refractivity contribution in [2.45, 2.75) is 39.3 Å². The van der Waals surface area contributed by atoms with Gasteiger partial charge < -0.3 is 45.3 Å². The summed E-state index contributed by atoms with van der Waals surface area (Å²) < 4.78 is 22.3. The maximum Gasteiger partial charge on any atom is 0.335 e. The second-order valence-electron chi connectivity index (χ2n) is 20.3. The first-order chi connectivity index (χ1) is 40.7. The number of carboxylic acids is 1. The molecule has 0 radical (unpaired) electrons. The van der Waals surface area contributed by atoms with E-state index in [0.717, 1.165) is 157 Å². The number of hydrogen-bond donors (Lipinski definition) is 5. The van der Waals surface area contributed by atoms with Crippen molar-refractivity contribution in [2.75, 3.05) is 87.6 Å². The summed E-state index contributed by atoms with van der Waals surface area (Å²) in [5.74, 6) is -0.0815. The molecule has 0 aliphatic carbocycles. The van der Waals surface area contributed by atoms with E-state index in [4.69, 9.17) is 28.9 Å². The smallest absolute Gasteiger partial charge is 0.335 e. The number of rotatable bonds is 18. The Morgan fingerprint density at radius 2 is 0.988 bits per heavy atom. The highest BCUT2D eigenvalue weighted by atomic mass is 16.5. The van der Waals surface area contributed by atoms with E-state index in [9.17, 15) is 19.5 Å². The highest BCUT2D eigenvalue weighted by molar-refractivity contribution is 6.11. The maximum absolute atomic E-state index is 13.5. The predicted octanol–water partition coefficient (Wildman–Crippen LogP) is 13.7. The van der Waals surface area contributed by atoms with E-state index in [-0.39, 0.29) is 17.3 Å². The first kappa shape index (κ1) is 57.1. The summed E-state index contributed by atoms with van der Waals surface area (Å²) in [7, 11) is 1.45. The molecule has 16 heteroatoms. The van der Waals surface area contributed by atoms with Crippen LogP contribution in [0.1, 0.15) is 47.9 Å². The molecule has 2 aliphatic rings. The van der Waals surface area contributed by atoms with Gasteiger partial charge in [0, 0.05) is 73.6 Å². The SMILES string of the molecule is CCCCCOc1ccc(-c2ccccc2)cc1NC(=O)Nc1ccc(-c2ccc(CN3CCOCC3)nc2)c2ccccc12.COc1ccc(C(=O)O)cc1NC(=O)Nc1ccc(-c2ccc(CN3CCOCC3)nc2)c2ccccc12. The van der Waals surface area contributed by atoms with Crippen molar-refractivity contribution < 1.29 is 38.4 Å². The zero-order chi connectivity index (χ0) is 57.3. The quantitative estimate of drug-likeness (QED) is 0.0512. The van der Waals surface area contributed by atoms with Gasteiger partial charge in [0.05, 0.1) is 79.8 Å². The van der Waals surface area contributed by atoms with Crippen LogP contribution in [0.25, 0.3) is 54.9 Å². The Kier molecular flexibility index (Phi) is 19.2. The van der Waals surface area contributed by atoms with Gasteiger partial charge >= 0.3 is 18.0 Å². The van der Waals surface area contributed by atoms with Crippen LogP contribution in [0.4, 0.5) is 32.3 Å². The number of carbonyl (C=O) groups excluding carboxylic acids is 2. The molecule has 9 aromatic rings. The summed E-state index contributed by atoms with van der Waals surface area (Å²) in [6.07, 6.45) is 7.02. The molecule has 7 aromatic carbocycles. The Hall–Kier alpha value is -9.19. The van der Waals surface area contributed by atoms with Gasteiger partial charge in [-0.05, 0) is 94.0 Å². The van der Waals surface area contributed by atoms with Gasteiger partial charge in [0.2, 0.25) is 0 Å². The van der Waals surface area contributed by atoms with Gasteiger partial charge in [0.15, 0.2) is 0 Å². The Labute approximate surface area is 483 Å². The summed E-state index contributed by atoms with van der Waals surface area (Å²) in [4.78, 5) is 51.9. The van der Waals surface area contributed by atoms with Crippen LogP contribution in [0.5, 0.6) is 11.5 Å². The number of unbranched alkanes of at least 4 members (excludes halogenated alkanes) is 2. The van der Waals surface area contributed by atoms with Gasteiger partial charge in [-0.25, -0.2) is 14.4 Å². The second-order valence-corrected chi connectivity index (χ2v) is 20.3. The monoisotopic (exact) mass is 1110 g/mol. The molecule has 0 saturated carbocycles. The minimum atomic E-state index is -1.10. The second kappa shape index (κ2) is 28.0. The van der Waals surface area contributed by atoms with Crippen molar-refractivity contribution in [1.29, 1.82) is 0 Å². The molecule has 0 bridgehead atoms.